The van der Waals surface area contributed by atoms with E-state index in [0.29, 0.717) is 19.4 Å². The van der Waals surface area contributed by atoms with Crippen LogP contribution in [0.2, 0.25) is 0 Å². The summed E-state index contributed by atoms with van der Waals surface area (Å²) in [6.07, 6.45) is 1.05. The van der Waals surface area contributed by atoms with Gasteiger partial charge in [-0.2, -0.15) is 0 Å². The molecule has 0 atom stereocenters. The molecule has 1 fully saturated rings. The summed E-state index contributed by atoms with van der Waals surface area (Å²) in [5.74, 6) is -1.76. The quantitative estimate of drug-likeness (QED) is 0.438. The fraction of sp³-hybridized carbons (Fsp3) is 0.667. The van der Waals surface area contributed by atoms with Crippen molar-refractivity contribution >= 4 is 23.8 Å². The third-order valence-electron chi connectivity index (χ3n) is 2.89. The molecule has 20 heavy (non-hydrogen) atoms. The molecule has 1 saturated heterocycles. The lowest BCUT2D eigenvalue weighted by atomic mass is 10.1. The third-order valence-corrected chi connectivity index (χ3v) is 2.89. The highest BCUT2D eigenvalue weighted by Crippen LogP contribution is 2.15. The standard InChI is InChI=1S/C12H19N3O5/c1-12(2)10(19)15(11(20)14-12)7-8(16)13-6-4-3-5-9(17)18/h3-7H2,1-2H3,(H,13,16)(H,14,20)(H,17,18). The smallest absolute Gasteiger partial charge is 0.325 e. The Morgan fingerprint density at radius 3 is 2.45 bits per heavy atom. The summed E-state index contributed by atoms with van der Waals surface area (Å²) in [5, 5.41) is 13.5. The predicted octanol–water partition coefficient (Wildman–Crippen LogP) is -0.312. The Morgan fingerprint density at radius 1 is 1.30 bits per heavy atom. The van der Waals surface area contributed by atoms with Crippen molar-refractivity contribution in [2.75, 3.05) is 13.1 Å². The van der Waals surface area contributed by atoms with E-state index < -0.39 is 29.4 Å². The molecular formula is C12H19N3O5. The number of carboxylic acids is 1. The number of nitrogens with one attached hydrogen (secondary N) is 2. The molecule has 0 saturated carbocycles. The molecule has 4 amide bonds. The molecule has 0 unspecified atom stereocenters. The van der Waals surface area contributed by atoms with Gasteiger partial charge in [0.15, 0.2) is 0 Å². The van der Waals surface area contributed by atoms with Gasteiger partial charge in [-0.25, -0.2) is 4.79 Å². The van der Waals surface area contributed by atoms with Crippen LogP contribution >= 0.6 is 0 Å². The lowest BCUT2D eigenvalue weighted by molar-refractivity contribution is -0.137. The molecule has 1 aliphatic heterocycles. The number of hydrogen-bond donors (Lipinski definition) is 3. The summed E-state index contributed by atoms with van der Waals surface area (Å²) in [6.45, 7) is 3.13. The Labute approximate surface area is 116 Å². The van der Waals surface area contributed by atoms with E-state index >= 15 is 0 Å². The van der Waals surface area contributed by atoms with E-state index in [1.807, 2.05) is 0 Å². The number of unbranched alkanes of at least 4 members (excludes halogenated alkanes) is 1. The molecule has 8 heteroatoms. The zero-order chi connectivity index (χ0) is 15.3. The van der Waals surface area contributed by atoms with E-state index in [9.17, 15) is 19.2 Å². The van der Waals surface area contributed by atoms with E-state index in [1.54, 1.807) is 13.8 Å². The van der Waals surface area contributed by atoms with Gasteiger partial charge in [0.2, 0.25) is 5.91 Å². The zero-order valence-electron chi connectivity index (χ0n) is 11.6. The molecule has 0 aliphatic carbocycles. The number of rotatable bonds is 7. The minimum absolute atomic E-state index is 0.0527. The SMILES string of the molecule is CC1(C)NC(=O)N(CC(=O)NCCCCC(=O)O)C1=O. The first-order valence-corrected chi connectivity index (χ1v) is 6.36. The van der Waals surface area contributed by atoms with Crippen LogP contribution in [0.25, 0.3) is 0 Å². The Balaban J connectivity index is 2.31. The molecule has 0 radical (unpaired) electrons. The van der Waals surface area contributed by atoms with Gasteiger partial charge in [0, 0.05) is 13.0 Å². The third kappa shape index (κ3) is 4.22. The fourth-order valence-electron chi connectivity index (χ4n) is 1.79. The molecule has 0 aromatic heterocycles. The number of amides is 4. The number of imide groups is 1. The number of carboxylic acid groups (broad SMARTS) is 1. The maximum Gasteiger partial charge on any atom is 0.325 e. The second-order valence-electron chi connectivity index (χ2n) is 5.15. The van der Waals surface area contributed by atoms with Gasteiger partial charge in [-0.15, -0.1) is 0 Å². The monoisotopic (exact) mass is 285 g/mol. The van der Waals surface area contributed by atoms with E-state index in [4.69, 9.17) is 5.11 Å². The van der Waals surface area contributed by atoms with Gasteiger partial charge in [0.25, 0.3) is 5.91 Å². The van der Waals surface area contributed by atoms with Crippen molar-refractivity contribution in [3.63, 3.8) is 0 Å². The highest BCUT2D eigenvalue weighted by atomic mass is 16.4. The molecule has 8 nitrogen and oxygen atoms in total. The van der Waals surface area contributed by atoms with Crippen LogP contribution in [-0.2, 0) is 14.4 Å². The van der Waals surface area contributed by atoms with Crippen molar-refractivity contribution in [3.8, 4) is 0 Å². The number of nitrogens with zero attached hydrogens (tertiary/aromatic N) is 1. The first kappa shape index (κ1) is 15.9. The fourth-order valence-corrected chi connectivity index (χ4v) is 1.79. The number of carbonyl (C=O) groups excluding carboxylic acids is 3. The first-order valence-electron chi connectivity index (χ1n) is 6.36. The van der Waals surface area contributed by atoms with Gasteiger partial charge in [-0.05, 0) is 26.7 Å². The summed E-state index contributed by atoms with van der Waals surface area (Å²) in [6, 6.07) is -0.582. The lowest BCUT2D eigenvalue weighted by Gasteiger charge is -2.15. The number of carbonyl (C=O) groups is 4. The zero-order valence-corrected chi connectivity index (χ0v) is 11.6. The van der Waals surface area contributed by atoms with Crippen molar-refractivity contribution in [1.82, 2.24) is 15.5 Å². The van der Waals surface area contributed by atoms with E-state index in [-0.39, 0.29) is 13.0 Å². The highest BCUT2D eigenvalue weighted by Gasteiger charge is 2.44. The van der Waals surface area contributed by atoms with Crippen LogP contribution in [0.4, 0.5) is 4.79 Å². The maximum absolute atomic E-state index is 11.8. The van der Waals surface area contributed by atoms with Crippen molar-refractivity contribution in [2.45, 2.75) is 38.6 Å². The summed E-state index contributed by atoms with van der Waals surface area (Å²) in [7, 11) is 0. The average Bonchev–Trinajstić information content (AvgIpc) is 2.51. The van der Waals surface area contributed by atoms with E-state index in [2.05, 4.69) is 10.6 Å². The lowest BCUT2D eigenvalue weighted by Crippen LogP contribution is -2.43. The van der Waals surface area contributed by atoms with Gasteiger partial charge in [-0.1, -0.05) is 0 Å². The van der Waals surface area contributed by atoms with Crippen molar-refractivity contribution < 1.29 is 24.3 Å². The number of urea groups is 1. The molecule has 112 valence electrons. The predicted molar refractivity (Wildman–Crippen MR) is 68.8 cm³/mol. The second kappa shape index (κ2) is 6.36. The first-order chi connectivity index (χ1) is 9.24. The molecule has 1 aliphatic rings. The molecular weight excluding hydrogens is 266 g/mol. The normalized spacial score (nSPS) is 17.0. The van der Waals surface area contributed by atoms with Gasteiger partial charge in [-0.3, -0.25) is 19.3 Å². The van der Waals surface area contributed by atoms with Gasteiger partial charge in [0.05, 0.1) is 0 Å². The van der Waals surface area contributed by atoms with Crippen LogP contribution in [0.1, 0.15) is 33.1 Å². The Kier molecular flexibility index (Phi) is 5.06. The second-order valence-corrected chi connectivity index (χ2v) is 5.15. The molecule has 1 rings (SSSR count). The Morgan fingerprint density at radius 2 is 1.95 bits per heavy atom. The number of aliphatic carboxylic acids is 1. The van der Waals surface area contributed by atoms with Gasteiger partial charge >= 0.3 is 12.0 Å². The van der Waals surface area contributed by atoms with Crippen LogP contribution < -0.4 is 10.6 Å². The van der Waals surface area contributed by atoms with E-state index in [0.717, 1.165) is 4.90 Å². The van der Waals surface area contributed by atoms with Crippen LogP contribution in [0.3, 0.4) is 0 Å². The summed E-state index contributed by atoms with van der Waals surface area (Å²) in [5.41, 5.74) is -0.987. The highest BCUT2D eigenvalue weighted by molar-refractivity contribution is 6.08. The topological polar surface area (TPSA) is 116 Å². The minimum Gasteiger partial charge on any atom is -0.481 e. The Hall–Kier alpha value is -2.12. The van der Waals surface area contributed by atoms with E-state index in [1.165, 1.54) is 0 Å². The summed E-state index contributed by atoms with van der Waals surface area (Å²) < 4.78 is 0. The van der Waals surface area contributed by atoms with Crippen LogP contribution in [0, 0.1) is 0 Å². The van der Waals surface area contributed by atoms with Crippen molar-refractivity contribution in [1.29, 1.82) is 0 Å². The van der Waals surface area contributed by atoms with Gasteiger partial charge in [0.1, 0.15) is 12.1 Å². The average molecular weight is 285 g/mol. The number of hydrogen-bond acceptors (Lipinski definition) is 4. The maximum atomic E-state index is 11.8. The minimum atomic E-state index is -0.987. The van der Waals surface area contributed by atoms with Crippen LogP contribution in [-0.4, -0.2) is 52.4 Å². The molecule has 0 aromatic rings. The van der Waals surface area contributed by atoms with Crippen molar-refractivity contribution in [3.05, 3.63) is 0 Å². The molecule has 0 aromatic carbocycles. The molecule has 0 spiro atoms. The van der Waals surface area contributed by atoms with Crippen LogP contribution in [0.5, 0.6) is 0 Å². The summed E-state index contributed by atoms with van der Waals surface area (Å²) >= 11 is 0. The Bertz CT molecular complexity index is 433. The van der Waals surface area contributed by atoms with Crippen molar-refractivity contribution in [2.24, 2.45) is 0 Å². The largest absolute Gasteiger partial charge is 0.481 e. The molecule has 0 bridgehead atoms. The molecule has 3 N–H and O–H groups in total. The van der Waals surface area contributed by atoms with Gasteiger partial charge < -0.3 is 15.7 Å². The molecule has 1 heterocycles. The van der Waals surface area contributed by atoms with Crippen LogP contribution in [0.15, 0.2) is 0 Å². The summed E-state index contributed by atoms with van der Waals surface area (Å²) in [4.78, 5) is 46.1.